The molecule has 0 unspecified atom stereocenters. The van der Waals surface area contributed by atoms with E-state index in [2.05, 4.69) is 12.1 Å². The molecule has 0 saturated carbocycles. The van der Waals surface area contributed by atoms with Gasteiger partial charge in [0.2, 0.25) is 0 Å². The summed E-state index contributed by atoms with van der Waals surface area (Å²) in [5.74, 6) is -0.688. The van der Waals surface area contributed by atoms with Crippen molar-refractivity contribution in [3.05, 3.63) is 70.8 Å². The molecule has 1 saturated heterocycles. The molecular weight excluding hydrogens is 358 g/mol. The second kappa shape index (κ2) is 6.27. The van der Waals surface area contributed by atoms with E-state index >= 15 is 0 Å². The maximum Gasteiger partial charge on any atom is 0.176 e. The molecule has 0 N–H and O–H groups in total. The van der Waals surface area contributed by atoms with Crippen LogP contribution in [-0.4, -0.2) is 17.9 Å². The number of anilines is 1. The average molecular weight is 374 g/mol. The predicted molar refractivity (Wildman–Crippen MR) is 104 cm³/mol. The summed E-state index contributed by atoms with van der Waals surface area (Å²) in [6.07, 6.45) is 3.80. The maximum atomic E-state index is 12.8. The highest BCUT2D eigenvalue weighted by Crippen LogP contribution is 2.55. The van der Waals surface area contributed by atoms with Crippen LogP contribution in [0.15, 0.2) is 54.6 Å². The SMILES string of the molecule is CC(=O)[C@@H]1[C@@H](c2cccc(Cl)c2)C(C#N)(C#N)[C@H]2C=Cc3ccccc3N12. The minimum absolute atomic E-state index is 0.0811. The van der Waals surface area contributed by atoms with E-state index in [4.69, 9.17) is 11.6 Å². The van der Waals surface area contributed by atoms with Gasteiger partial charge in [-0.2, -0.15) is 10.5 Å². The zero-order valence-corrected chi connectivity index (χ0v) is 15.4. The van der Waals surface area contributed by atoms with Crippen molar-refractivity contribution < 1.29 is 4.79 Å². The molecule has 2 aliphatic rings. The van der Waals surface area contributed by atoms with Gasteiger partial charge in [-0.15, -0.1) is 0 Å². The van der Waals surface area contributed by atoms with Crippen molar-refractivity contribution in [3.63, 3.8) is 0 Å². The Labute approximate surface area is 162 Å². The van der Waals surface area contributed by atoms with E-state index in [1.54, 1.807) is 18.2 Å². The van der Waals surface area contributed by atoms with E-state index < -0.39 is 23.4 Å². The summed E-state index contributed by atoms with van der Waals surface area (Å²) in [6, 6.07) is 18.2. The van der Waals surface area contributed by atoms with Crippen LogP contribution >= 0.6 is 11.6 Å². The first kappa shape index (κ1) is 17.3. The number of para-hydroxylation sites is 1. The molecule has 2 heterocycles. The molecule has 0 bridgehead atoms. The van der Waals surface area contributed by atoms with Crippen molar-refractivity contribution in [2.24, 2.45) is 5.41 Å². The van der Waals surface area contributed by atoms with Crippen LogP contribution in [0.3, 0.4) is 0 Å². The van der Waals surface area contributed by atoms with Crippen molar-refractivity contribution in [2.45, 2.75) is 24.9 Å². The number of halogens is 1. The summed E-state index contributed by atoms with van der Waals surface area (Å²) in [5, 5.41) is 20.8. The molecule has 1 fully saturated rings. The van der Waals surface area contributed by atoms with Crippen molar-refractivity contribution in [2.75, 3.05) is 4.90 Å². The Bertz CT molecular complexity index is 1030. The Kier molecular flexibility index (Phi) is 4.02. The number of carbonyl (C=O) groups excluding carboxylic acids is 1. The van der Waals surface area contributed by atoms with E-state index in [1.807, 2.05) is 47.4 Å². The summed E-state index contributed by atoms with van der Waals surface area (Å²) in [4.78, 5) is 14.7. The second-order valence-electron chi connectivity index (χ2n) is 6.95. The highest BCUT2D eigenvalue weighted by Gasteiger charge is 2.62. The van der Waals surface area contributed by atoms with E-state index in [9.17, 15) is 15.3 Å². The molecule has 132 valence electrons. The highest BCUT2D eigenvalue weighted by molar-refractivity contribution is 6.30. The smallest absolute Gasteiger partial charge is 0.176 e. The van der Waals surface area contributed by atoms with Gasteiger partial charge in [0.25, 0.3) is 0 Å². The number of rotatable bonds is 2. The third-order valence-corrected chi connectivity index (χ3v) is 5.77. The zero-order valence-electron chi connectivity index (χ0n) is 14.6. The number of nitrogens with zero attached hydrogens (tertiary/aromatic N) is 3. The highest BCUT2D eigenvalue weighted by atomic mass is 35.5. The van der Waals surface area contributed by atoms with Crippen molar-refractivity contribution in [3.8, 4) is 12.1 Å². The molecule has 3 atom stereocenters. The minimum Gasteiger partial charge on any atom is -0.351 e. The van der Waals surface area contributed by atoms with E-state index in [-0.39, 0.29) is 5.78 Å². The Morgan fingerprint density at radius 3 is 2.56 bits per heavy atom. The van der Waals surface area contributed by atoms with E-state index in [0.717, 1.165) is 16.8 Å². The molecular formula is C22H16ClN3O. The quantitative estimate of drug-likeness (QED) is 0.785. The van der Waals surface area contributed by atoms with Crippen LogP contribution in [0.5, 0.6) is 0 Å². The lowest BCUT2D eigenvalue weighted by Crippen LogP contribution is -2.43. The van der Waals surface area contributed by atoms with Gasteiger partial charge in [-0.25, -0.2) is 0 Å². The van der Waals surface area contributed by atoms with Crippen LogP contribution in [0.25, 0.3) is 6.08 Å². The van der Waals surface area contributed by atoms with Gasteiger partial charge >= 0.3 is 0 Å². The first-order valence-electron chi connectivity index (χ1n) is 8.67. The molecule has 27 heavy (non-hydrogen) atoms. The van der Waals surface area contributed by atoms with Gasteiger partial charge in [-0.3, -0.25) is 4.79 Å². The summed E-state index contributed by atoms with van der Waals surface area (Å²) in [6.45, 7) is 1.52. The van der Waals surface area contributed by atoms with Crippen LogP contribution in [0.1, 0.15) is 24.0 Å². The normalized spacial score (nSPS) is 24.4. The number of carbonyl (C=O) groups is 1. The van der Waals surface area contributed by atoms with Gasteiger partial charge in [0, 0.05) is 16.6 Å². The topological polar surface area (TPSA) is 67.9 Å². The maximum absolute atomic E-state index is 12.8. The number of benzene rings is 2. The van der Waals surface area contributed by atoms with Crippen molar-refractivity contribution in [1.82, 2.24) is 0 Å². The monoisotopic (exact) mass is 373 g/mol. The second-order valence-corrected chi connectivity index (χ2v) is 7.39. The molecule has 0 spiro atoms. The summed E-state index contributed by atoms with van der Waals surface area (Å²) < 4.78 is 0. The molecule has 0 amide bonds. The lowest BCUT2D eigenvalue weighted by molar-refractivity contribution is -0.118. The number of fused-ring (bicyclic) bond motifs is 3. The molecule has 4 rings (SSSR count). The fraction of sp³-hybridized carbons (Fsp3) is 0.227. The summed E-state index contributed by atoms with van der Waals surface area (Å²) in [7, 11) is 0. The van der Waals surface area contributed by atoms with Crippen molar-refractivity contribution >= 4 is 29.1 Å². The predicted octanol–water partition coefficient (Wildman–Crippen LogP) is 4.33. The Morgan fingerprint density at radius 2 is 1.89 bits per heavy atom. The van der Waals surface area contributed by atoms with Crippen LogP contribution in [-0.2, 0) is 4.79 Å². The summed E-state index contributed by atoms with van der Waals surface area (Å²) >= 11 is 6.19. The molecule has 2 aliphatic heterocycles. The Balaban J connectivity index is 2.01. The minimum atomic E-state index is -1.40. The molecule has 0 radical (unpaired) electrons. The van der Waals surface area contributed by atoms with E-state index in [0.29, 0.717) is 5.02 Å². The van der Waals surface area contributed by atoms with E-state index in [1.165, 1.54) is 6.92 Å². The number of Topliss-reactive ketones (excluding diaryl/α,β-unsaturated/α-hetero) is 1. The number of hydrogen-bond acceptors (Lipinski definition) is 4. The molecule has 2 aromatic carbocycles. The lowest BCUT2D eigenvalue weighted by atomic mass is 9.69. The number of ketones is 1. The Morgan fingerprint density at radius 1 is 1.15 bits per heavy atom. The summed E-state index contributed by atoms with van der Waals surface area (Å²) in [5.41, 5.74) is 1.16. The first-order chi connectivity index (χ1) is 13.0. The van der Waals surface area contributed by atoms with Gasteiger partial charge < -0.3 is 4.90 Å². The number of nitriles is 2. The largest absolute Gasteiger partial charge is 0.351 e. The van der Waals surface area contributed by atoms with Crippen LogP contribution in [0.4, 0.5) is 5.69 Å². The fourth-order valence-electron chi connectivity index (χ4n) is 4.46. The van der Waals surface area contributed by atoms with Crippen LogP contribution in [0.2, 0.25) is 5.02 Å². The average Bonchev–Trinajstić information content (AvgIpc) is 2.99. The van der Waals surface area contributed by atoms with Gasteiger partial charge in [0.05, 0.1) is 24.2 Å². The van der Waals surface area contributed by atoms with Gasteiger partial charge in [-0.1, -0.05) is 54.1 Å². The Hall–Kier alpha value is -3.08. The molecule has 2 aromatic rings. The molecule has 0 aliphatic carbocycles. The van der Waals surface area contributed by atoms with Crippen LogP contribution < -0.4 is 4.90 Å². The standard InChI is InChI=1S/C22H16ClN3O/c1-14(27)21-20(16-6-4-7-17(23)11-16)22(12-24,13-25)19-10-9-15-5-2-3-8-18(15)26(19)21/h2-11,19-21H,1H3/t19-,20-,21-/m1/s1. The first-order valence-corrected chi connectivity index (χ1v) is 9.05. The zero-order chi connectivity index (χ0) is 19.2. The third-order valence-electron chi connectivity index (χ3n) is 5.54. The molecule has 5 heteroatoms. The molecule has 4 nitrogen and oxygen atoms in total. The van der Waals surface area contributed by atoms with Crippen molar-refractivity contribution in [1.29, 1.82) is 10.5 Å². The van der Waals surface area contributed by atoms with Gasteiger partial charge in [0.15, 0.2) is 11.2 Å². The van der Waals surface area contributed by atoms with Gasteiger partial charge in [0.1, 0.15) is 0 Å². The van der Waals surface area contributed by atoms with Gasteiger partial charge in [-0.05, 0) is 36.2 Å². The van der Waals surface area contributed by atoms with Crippen LogP contribution in [0, 0.1) is 28.1 Å². The third kappa shape index (κ3) is 2.38. The molecule has 0 aromatic heterocycles. The lowest BCUT2D eigenvalue weighted by Gasteiger charge is -2.35. The number of hydrogen-bond donors (Lipinski definition) is 0. The fourth-order valence-corrected chi connectivity index (χ4v) is 4.66.